The van der Waals surface area contributed by atoms with Gasteiger partial charge in [0.15, 0.2) is 0 Å². The first-order chi connectivity index (χ1) is 10.4. The van der Waals surface area contributed by atoms with Crippen molar-refractivity contribution in [1.29, 1.82) is 0 Å². The maximum absolute atomic E-state index is 12.6. The van der Waals surface area contributed by atoms with Gasteiger partial charge in [0.1, 0.15) is 5.00 Å². The standard InChI is InChI=1S/C15H16ClN3O2S/c1-3-9-7-12(22-13(9)18-15(17)21)14(20)19(2)11-6-4-5-10(16)8-11/h4-8H,3H2,1-2H3,(H3,17,18,21). The molecule has 0 fully saturated rings. The zero-order chi connectivity index (χ0) is 16.3. The van der Waals surface area contributed by atoms with Crippen molar-refractivity contribution in [3.8, 4) is 0 Å². The van der Waals surface area contributed by atoms with E-state index in [-0.39, 0.29) is 5.91 Å². The predicted octanol–water partition coefficient (Wildman–Crippen LogP) is 3.73. The summed E-state index contributed by atoms with van der Waals surface area (Å²) in [5.41, 5.74) is 6.73. The number of nitrogens with zero attached hydrogens (tertiary/aromatic N) is 1. The fourth-order valence-electron chi connectivity index (χ4n) is 1.98. The molecule has 2 rings (SSSR count). The number of rotatable bonds is 4. The monoisotopic (exact) mass is 337 g/mol. The Hall–Kier alpha value is -2.05. The Morgan fingerprint density at radius 3 is 2.68 bits per heavy atom. The summed E-state index contributed by atoms with van der Waals surface area (Å²) in [5, 5.41) is 3.73. The number of carbonyl (C=O) groups excluding carboxylic acids is 2. The number of benzene rings is 1. The Kier molecular flexibility index (Phi) is 5.05. The molecule has 116 valence electrons. The van der Waals surface area contributed by atoms with Crippen LogP contribution in [0.25, 0.3) is 0 Å². The molecule has 2 aromatic rings. The van der Waals surface area contributed by atoms with Gasteiger partial charge in [-0.3, -0.25) is 10.1 Å². The number of amides is 3. The molecule has 1 aromatic carbocycles. The highest BCUT2D eigenvalue weighted by Gasteiger charge is 2.19. The van der Waals surface area contributed by atoms with Crippen LogP contribution in [0.1, 0.15) is 22.2 Å². The summed E-state index contributed by atoms with van der Waals surface area (Å²) >= 11 is 7.16. The summed E-state index contributed by atoms with van der Waals surface area (Å²) < 4.78 is 0. The topological polar surface area (TPSA) is 75.4 Å². The van der Waals surface area contributed by atoms with Crippen LogP contribution in [0.2, 0.25) is 5.02 Å². The van der Waals surface area contributed by atoms with Gasteiger partial charge in [-0.05, 0) is 36.2 Å². The largest absolute Gasteiger partial charge is 0.351 e. The highest BCUT2D eigenvalue weighted by Crippen LogP contribution is 2.30. The van der Waals surface area contributed by atoms with Crippen molar-refractivity contribution < 1.29 is 9.59 Å². The minimum atomic E-state index is -0.640. The number of nitrogens with two attached hydrogens (primary N) is 1. The fourth-order valence-corrected chi connectivity index (χ4v) is 3.30. The Balaban J connectivity index is 2.29. The Labute approximate surface area is 137 Å². The van der Waals surface area contributed by atoms with Crippen molar-refractivity contribution in [3.63, 3.8) is 0 Å². The van der Waals surface area contributed by atoms with Crippen LogP contribution in [-0.4, -0.2) is 19.0 Å². The van der Waals surface area contributed by atoms with Crippen LogP contribution < -0.4 is 16.0 Å². The van der Waals surface area contributed by atoms with Crippen molar-refractivity contribution >= 4 is 45.6 Å². The van der Waals surface area contributed by atoms with Crippen molar-refractivity contribution in [2.24, 2.45) is 5.73 Å². The average molecular weight is 338 g/mol. The van der Waals surface area contributed by atoms with Gasteiger partial charge in [-0.15, -0.1) is 11.3 Å². The molecule has 0 spiro atoms. The second-order valence-corrected chi connectivity index (χ2v) is 6.14. The maximum atomic E-state index is 12.6. The molecule has 0 bridgehead atoms. The third-order valence-electron chi connectivity index (χ3n) is 3.14. The first-order valence-corrected chi connectivity index (χ1v) is 7.84. The van der Waals surface area contributed by atoms with Crippen LogP contribution >= 0.6 is 22.9 Å². The number of primary amides is 1. The zero-order valence-electron chi connectivity index (χ0n) is 12.2. The SMILES string of the molecule is CCc1cc(C(=O)N(C)c2cccc(Cl)c2)sc1NC(N)=O. The number of anilines is 2. The van der Waals surface area contributed by atoms with E-state index in [1.807, 2.05) is 6.92 Å². The normalized spacial score (nSPS) is 10.3. The molecule has 1 heterocycles. The summed E-state index contributed by atoms with van der Waals surface area (Å²) in [6.45, 7) is 1.95. The van der Waals surface area contributed by atoms with E-state index in [9.17, 15) is 9.59 Å². The number of carbonyl (C=O) groups is 2. The lowest BCUT2D eigenvalue weighted by Gasteiger charge is -2.16. The Morgan fingerprint density at radius 1 is 1.36 bits per heavy atom. The van der Waals surface area contributed by atoms with E-state index in [1.165, 1.54) is 16.2 Å². The fraction of sp³-hybridized carbons (Fsp3) is 0.200. The summed E-state index contributed by atoms with van der Waals surface area (Å²) in [7, 11) is 1.68. The highest BCUT2D eigenvalue weighted by molar-refractivity contribution is 7.18. The third-order valence-corrected chi connectivity index (χ3v) is 4.45. The lowest BCUT2D eigenvalue weighted by Crippen LogP contribution is -2.25. The van der Waals surface area contributed by atoms with Gasteiger partial charge in [0.2, 0.25) is 0 Å². The van der Waals surface area contributed by atoms with Gasteiger partial charge in [0.25, 0.3) is 5.91 Å². The number of nitrogens with one attached hydrogen (secondary N) is 1. The second-order valence-electron chi connectivity index (χ2n) is 4.65. The molecule has 3 amide bonds. The lowest BCUT2D eigenvalue weighted by atomic mass is 10.2. The third kappa shape index (κ3) is 3.58. The van der Waals surface area contributed by atoms with E-state index in [0.717, 1.165) is 5.56 Å². The number of aryl methyl sites for hydroxylation is 1. The molecule has 0 saturated carbocycles. The quantitative estimate of drug-likeness (QED) is 0.891. The maximum Gasteiger partial charge on any atom is 0.317 e. The Bertz CT molecular complexity index is 715. The van der Waals surface area contributed by atoms with Crippen molar-refractivity contribution in [2.75, 3.05) is 17.3 Å². The van der Waals surface area contributed by atoms with Gasteiger partial charge in [0, 0.05) is 17.8 Å². The molecule has 0 saturated heterocycles. The van der Waals surface area contributed by atoms with E-state index >= 15 is 0 Å². The molecule has 1 aromatic heterocycles. The van der Waals surface area contributed by atoms with Crippen LogP contribution in [0, 0.1) is 0 Å². The summed E-state index contributed by atoms with van der Waals surface area (Å²) in [5.74, 6) is -0.167. The van der Waals surface area contributed by atoms with E-state index < -0.39 is 6.03 Å². The molecule has 3 N–H and O–H groups in total. The molecule has 7 heteroatoms. The lowest BCUT2D eigenvalue weighted by molar-refractivity contribution is 0.0997. The summed E-state index contributed by atoms with van der Waals surface area (Å²) in [6, 6.07) is 8.20. The van der Waals surface area contributed by atoms with Gasteiger partial charge >= 0.3 is 6.03 Å². The van der Waals surface area contributed by atoms with E-state index in [0.29, 0.717) is 27.0 Å². The molecule has 22 heavy (non-hydrogen) atoms. The average Bonchev–Trinajstić information content (AvgIpc) is 2.87. The minimum Gasteiger partial charge on any atom is -0.351 e. The van der Waals surface area contributed by atoms with Gasteiger partial charge in [-0.25, -0.2) is 4.79 Å². The number of hydrogen-bond donors (Lipinski definition) is 2. The molecule has 0 atom stereocenters. The van der Waals surface area contributed by atoms with E-state index in [4.69, 9.17) is 17.3 Å². The number of halogens is 1. The minimum absolute atomic E-state index is 0.167. The molecule has 0 unspecified atom stereocenters. The summed E-state index contributed by atoms with van der Waals surface area (Å²) in [4.78, 5) is 25.6. The molecular weight excluding hydrogens is 322 g/mol. The van der Waals surface area contributed by atoms with E-state index in [2.05, 4.69) is 5.32 Å². The van der Waals surface area contributed by atoms with Gasteiger partial charge in [-0.1, -0.05) is 24.6 Å². The first kappa shape index (κ1) is 16.3. The smallest absolute Gasteiger partial charge is 0.317 e. The molecule has 0 aliphatic carbocycles. The van der Waals surface area contributed by atoms with Gasteiger partial charge < -0.3 is 10.6 Å². The first-order valence-electron chi connectivity index (χ1n) is 6.65. The molecule has 0 radical (unpaired) electrons. The molecule has 0 aliphatic rings. The summed E-state index contributed by atoms with van der Waals surface area (Å²) in [6.07, 6.45) is 0.695. The van der Waals surface area contributed by atoms with Crippen LogP contribution in [0.15, 0.2) is 30.3 Å². The van der Waals surface area contributed by atoms with Crippen molar-refractivity contribution in [2.45, 2.75) is 13.3 Å². The van der Waals surface area contributed by atoms with Crippen molar-refractivity contribution in [3.05, 3.63) is 45.8 Å². The number of urea groups is 1. The van der Waals surface area contributed by atoms with Crippen LogP contribution in [0.4, 0.5) is 15.5 Å². The molecule has 5 nitrogen and oxygen atoms in total. The second kappa shape index (κ2) is 6.81. The predicted molar refractivity (Wildman–Crippen MR) is 91.1 cm³/mol. The number of thiophene rings is 1. The van der Waals surface area contributed by atoms with Crippen molar-refractivity contribution in [1.82, 2.24) is 0 Å². The van der Waals surface area contributed by atoms with Crippen LogP contribution in [0.5, 0.6) is 0 Å². The molecule has 0 aliphatic heterocycles. The zero-order valence-corrected chi connectivity index (χ0v) is 13.8. The molecular formula is C15H16ClN3O2S. The van der Waals surface area contributed by atoms with Gasteiger partial charge in [-0.2, -0.15) is 0 Å². The highest BCUT2D eigenvalue weighted by atomic mass is 35.5. The van der Waals surface area contributed by atoms with E-state index in [1.54, 1.807) is 37.4 Å². The van der Waals surface area contributed by atoms with Crippen LogP contribution in [-0.2, 0) is 6.42 Å². The van der Waals surface area contributed by atoms with Crippen LogP contribution in [0.3, 0.4) is 0 Å². The Morgan fingerprint density at radius 2 is 2.09 bits per heavy atom. The number of hydrogen-bond acceptors (Lipinski definition) is 3. The van der Waals surface area contributed by atoms with Gasteiger partial charge in [0.05, 0.1) is 4.88 Å².